The van der Waals surface area contributed by atoms with Crippen LogP contribution in [0, 0.1) is 0 Å². The van der Waals surface area contributed by atoms with Gasteiger partial charge in [0.25, 0.3) is 0 Å². The highest BCUT2D eigenvalue weighted by atomic mass is 16.4. The molecule has 18 heavy (non-hydrogen) atoms. The van der Waals surface area contributed by atoms with Crippen LogP contribution in [0.4, 0.5) is 0 Å². The summed E-state index contributed by atoms with van der Waals surface area (Å²) in [6, 6.07) is 14.6. The van der Waals surface area contributed by atoms with Crippen molar-refractivity contribution in [3.8, 4) is 11.3 Å². The summed E-state index contributed by atoms with van der Waals surface area (Å²) < 4.78 is 5.69. The van der Waals surface area contributed by atoms with E-state index in [0.717, 1.165) is 11.3 Å². The quantitative estimate of drug-likeness (QED) is 0.761. The Morgan fingerprint density at radius 3 is 2.78 bits per heavy atom. The van der Waals surface area contributed by atoms with Crippen molar-refractivity contribution < 1.29 is 4.42 Å². The van der Waals surface area contributed by atoms with Crippen molar-refractivity contribution in [3.63, 3.8) is 0 Å². The third kappa shape index (κ3) is 2.00. The highest BCUT2D eigenvalue weighted by molar-refractivity contribution is 5.86. The number of benzene rings is 2. The van der Waals surface area contributed by atoms with E-state index in [-0.39, 0.29) is 0 Å². The Balaban J connectivity index is 2.02. The molecule has 0 unspecified atom stereocenters. The van der Waals surface area contributed by atoms with Gasteiger partial charge in [-0.05, 0) is 23.9 Å². The maximum atomic E-state index is 5.69. The Bertz CT molecular complexity index is 673. The molecule has 0 saturated carbocycles. The molecule has 1 aromatic heterocycles. The molecule has 3 nitrogen and oxygen atoms in total. The van der Waals surface area contributed by atoms with E-state index in [1.807, 2.05) is 19.2 Å². The number of nitrogens with one attached hydrogen (secondary N) is 1. The third-order valence-electron chi connectivity index (χ3n) is 2.92. The lowest BCUT2D eigenvalue weighted by Crippen LogP contribution is -2.04. The highest BCUT2D eigenvalue weighted by Crippen LogP contribution is 2.24. The Morgan fingerprint density at radius 2 is 1.94 bits per heavy atom. The fourth-order valence-corrected chi connectivity index (χ4v) is 2.02. The number of hydrogen-bond donors (Lipinski definition) is 1. The van der Waals surface area contributed by atoms with Crippen LogP contribution in [-0.4, -0.2) is 12.0 Å². The first kappa shape index (κ1) is 11.0. The molecule has 1 heterocycles. The van der Waals surface area contributed by atoms with Gasteiger partial charge < -0.3 is 9.73 Å². The molecular formula is C15H14N2O. The summed E-state index contributed by atoms with van der Waals surface area (Å²) in [6.45, 7) is 0.646. The zero-order chi connectivity index (χ0) is 12.4. The summed E-state index contributed by atoms with van der Waals surface area (Å²) in [5.74, 6) is 1.52. The first-order chi connectivity index (χ1) is 8.86. The van der Waals surface area contributed by atoms with Crippen molar-refractivity contribution in [3.05, 3.63) is 54.6 Å². The van der Waals surface area contributed by atoms with E-state index in [1.54, 1.807) is 6.20 Å². The summed E-state index contributed by atoms with van der Waals surface area (Å²) in [5, 5.41) is 5.46. The minimum atomic E-state index is 0.646. The predicted octanol–water partition coefficient (Wildman–Crippen LogP) is 3.21. The van der Waals surface area contributed by atoms with E-state index in [2.05, 4.69) is 40.6 Å². The van der Waals surface area contributed by atoms with E-state index in [9.17, 15) is 0 Å². The van der Waals surface area contributed by atoms with Crippen LogP contribution in [0.25, 0.3) is 22.1 Å². The molecule has 0 atom stereocenters. The monoisotopic (exact) mass is 238 g/mol. The minimum Gasteiger partial charge on any atom is -0.439 e. The van der Waals surface area contributed by atoms with Crippen molar-refractivity contribution in [1.29, 1.82) is 0 Å². The van der Waals surface area contributed by atoms with E-state index < -0.39 is 0 Å². The van der Waals surface area contributed by atoms with Crippen molar-refractivity contribution in [2.45, 2.75) is 6.54 Å². The van der Waals surface area contributed by atoms with Gasteiger partial charge in [0.1, 0.15) is 0 Å². The zero-order valence-corrected chi connectivity index (χ0v) is 10.2. The smallest absolute Gasteiger partial charge is 0.208 e. The van der Waals surface area contributed by atoms with E-state index in [4.69, 9.17) is 4.42 Å². The van der Waals surface area contributed by atoms with Gasteiger partial charge in [-0.3, -0.25) is 0 Å². The van der Waals surface area contributed by atoms with Gasteiger partial charge in [0.2, 0.25) is 5.89 Å². The first-order valence-corrected chi connectivity index (χ1v) is 5.95. The maximum Gasteiger partial charge on any atom is 0.208 e. The summed E-state index contributed by atoms with van der Waals surface area (Å²) in [5.41, 5.74) is 1.06. The van der Waals surface area contributed by atoms with Crippen LogP contribution >= 0.6 is 0 Å². The predicted molar refractivity (Wildman–Crippen MR) is 72.2 cm³/mol. The van der Waals surface area contributed by atoms with Crippen LogP contribution < -0.4 is 5.32 Å². The molecule has 3 heteroatoms. The summed E-state index contributed by atoms with van der Waals surface area (Å²) in [6.07, 6.45) is 1.77. The number of fused-ring (bicyclic) bond motifs is 1. The lowest BCUT2D eigenvalue weighted by molar-refractivity contribution is 0.491. The van der Waals surface area contributed by atoms with Gasteiger partial charge in [-0.1, -0.05) is 36.4 Å². The van der Waals surface area contributed by atoms with Crippen LogP contribution in [0.1, 0.15) is 5.89 Å². The van der Waals surface area contributed by atoms with Crippen LogP contribution in [0.15, 0.2) is 53.1 Å². The molecule has 0 bridgehead atoms. The topological polar surface area (TPSA) is 38.1 Å². The SMILES string of the molecule is CNCc1ncc(-c2ccc3ccccc3c2)o1. The van der Waals surface area contributed by atoms with Crippen LogP contribution in [0.3, 0.4) is 0 Å². The molecule has 3 aromatic rings. The lowest BCUT2D eigenvalue weighted by Gasteiger charge is -2.00. The van der Waals surface area contributed by atoms with Crippen molar-refractivity contribution >= 4 is 10.8 Å². The molecule has 0 aliphatic rings. The number of rotatable bonds is 3. The summed E-state index contributed by atoms with van der Waals surface area (Å²) >= 11 is 0. The summed E-state index contributed by atoms with van der Waals surface area (Å²) in [7, 11) is 1.87. The number of oxazole rings is 1. The molecule has 90 valence electrons. The van der Waals surface area contributed by atoms with Crippen molar-refractivity contribution in [2.75, 3.05) is 7.05 Å². The number of nitrogens with zero attached hydrogens (tertiary/aromatic N) is 1. The second-order valence-corrected chi connectivity index (χ2v) is 4.21. The van der Waals surface area contributed by atoms with E-state index in [0.29, 0.717) is 12.4 Å². The molecule has 0 spiro atoms. The molecule has 2 aromatic carbocycles. The van der Waals surface area contributed by atoms with Crippen LogP contribution in [0.2, 0.25) is 0 Å². The average Bonchev–Trinajstić information content (AvgIpc) is 2.87. The Morgan fingerprint density at radius 1 is 1.11 bits per heavy atom. The second kappa shape index (κ2) is 4.63. The van der Waals surface area contributed by atoms with Gasteiger partial charge >= 0.3 is 0 Å². The molecule has 0 amide bonds. The number of hydrogen-bond acceptors (Lipinski definition) is 3. The molecule has 0 radical (unpaired) electrons. The lowest BCUT2D eigenvalue weighted by atomic mass is 10.1. The molecular weight excluding hydrogens is 224 g/mol. The minimum absolute atomic E-state index is 0.646. The fourth-order valence-electron chi connectivity index (χ4n) is 2.02. The van der Waals surface area contributed by atoms with E-state index in [1.165, 1.54) is 10.8 Å². The summed E-state index contributed by atoms with van der Waals surface area (Å²) in [4.78, 5) is 4.23. The van der Waals surface area contributed by atoms with Gasteiger partial charge in [-0.25, -0.2) is 4.98 Å². The molecule has 0 fully saturated rings. The van der Waals surface area contributed by atoms with Crippen LogP contribution in [-0.2, 0) is 6.54 Å². The van der Waals surface area contributed by atoms with Crippen molar-refractivity contribution in [2.24, 2.45) is 0 Å². The van der Waals surface area contributed by atoms with Gasteiger partial charge in [-0.2, -0.15) is 0 Å². The third-order valence-corrected chi connectivity index (χ3v) is 2.92. The van der Waals surface area contributed by atoms with Gasteiger partial charge in [-0.15, -0.1) is 0 Å². The van der Waals surface area contributed by atoms with Gasteiger partial charge in [0.15, 0.2) is 5.76 Å². The molecule has 3 rings (SSSR count). The van der Waals surface area contributed by atoms with E-state index >= 15 is 0 Å². The maximum absolute atomic E-state index is 5.69. The van der Waals surface area contributed by atoms with Crippen molar-refractivity contribution in [1.82, 2.24) is 10.3 Å². The first-order valence-electron chi connectivity index (χ1n) is 5.95. The zero-order valence-electron chi connectivity index (χ0n) is 10.2. The Labute approximate surface area is 105 Å². The average molecular weight is 238 g/mol. The second-order valence-electron chi connectivity index (χ2n) is 4.21. The Kier molecular flexibility index (Phi) is 2.82. The highest BCUT2D eigenvalue weighted by Gasteiger charge is 2.06. The normalized spacial score (nSPS) is 10.9. The molecule has 0 aliphatic heterocycles. The standard InChI is InChI=1S/C15H14N2O/c1-16-10-15-17-9-14(18-15)13-7-6-11-4-2-3-5-12(11)8-13/h2-9,16H,10H2,1H3. The largest absolute Gasteiger partial charge is 0.439 e. The number of aromatic nitrogens is 1. The molecule has 0 aliphatic carbocycles. The molecule has 0 saturated heterocycles. The van der Waals surface area contributed by atoms with Gasteiger partial charge in [0.05, 0.1) is 12.7 Å². The van der Waals surface area contributed by atoms with Gasteiger partial charge in [0, 0.05) is 5.56 Å². The fraction of sp³-hybridized carbons (Fsp3) is 0.133. The molecule has 1 N–H and O–H groups in total. The van der Waals surface area contributed by atoms with Crippen LogP contribution in [0.5, 0.6) is 0 Å². The Hall–Kier alpha value is -2.13.